The molecule has 2 aliphatic heterocycles. The molecule has 1 N–H and O–H groups in total. The van der Waals surface area contributed by atoms with Crippen LogP contribution in [0.3, 0.4) is 0 Å². The lowest BCUT2D eigenvalue weighted by Gasteiger charge is -2.46. The molecule has 3 rings (SSSR count). The van der Waals surface area contributed by atoms with Crippen LogP contribution in [0.4, 0.5) is 0 Å². The van der Waals surface area contributed by atoms with Crippen LogP contribution in [0.1, 0.15) is 31.2 Å². The number of methoxy groups -OCH3 is 1. The second-order valence-electron chi connectivity index (χ2n) is 6.59. The van der Waals surface area contributed by atoms with Crippen LogP contribution >= 0.6 is 0 Å². The van der Waals surface area contributed by atoms with Gasteiger partial charge in [0, 0.05) is 45.7 Å². The second kappa shape index (κ2) is 6.98. The van der Waals surface area contributed by atoms with Gasteiger partial charge in [-0.05, 0) is 12.8 Å². The maximum atomic E-state index is 11.4. The van der Waals surface area contributed by atoms with Crippen molar-refractivity contribution in [3.05, 3.63) is 17.5 Å². The predicted molar refractivity (Wildman–Crippen MR) is 82.9 cm³/mol. The lowest BCUT2D eigenvalue weighted by atomic mass is 9.88. The van der Waals surface area contributed by atoms with E-state index in [1.165, 1.54) is 0 Å². The highest BCUT2D eigenvalue weighted by Gasteiger charge is 2.41. The zero-order valence-electron chi connectivity index (χ0n) is 13.8. The average Bonchev–Trinajstić information content (AvgIpc) is 2.93. The number of likely N-dealkylation sites (tertiary alicyclic amines) is 1. The topological polar surface area (TPSA) is 76.8 Å². The smallest absolute Gasteiger partial charge is 0.219 e. The molecule has 128 valence electrons. The maximum absolute atomic E-state index is 11.4. The molecule has 1 aromatic rings. The van der Waals surface area contributed by atoms with Crippen molar-refractivity contribution in [2.45, 2.75) is 44.4 Å². The summed E-state index contributed by atoms with van der Waals surface area (Å²) < 4.78 is 15.8. The summed E-state index contributed by atoms with van der Waals surface area (Å²) in [6, 6.07) is 2.36. The first-order valence-electron chi connectivity index (χ1n) is 8.15. The predicted octanol–water partition coefficient (Wildman–Crippen LogP) is 0.733. The third-order valence-corrected chi connectivity index (χ3v) is 4.62. The molecule has 1 aromatic heterocycles. The van der Waals surface area contributed by atoms with Crippen molar-refractivity contribution in [3.63, 3.8) is 0 Å². The fourth-order valence-corrected chi connectivity index (χ4v) is 3.35. The molecule has 1 amide bonds. The number of hydrogen-bond donors (Lipinski definition) is 1. The van der Waals surface area contributed by atoms with Crippen molar-refractivity contribution in [1.29, 1.82) is 0 Å². The number of ether oxygens (including phenoxy) is 2. The number of amides is 1. The largest absolute Gasteiger partial charge is 0.377 e. The van der Waals surface area contributed by atoms with Crippen LogP contribution in [0.2, 0.25) is 0 Å². The van der Waals surface area contributed by atoms with E-state index in [2.05, 4.69) is 10.5 Å². The van der Waals surface area contributed by atoms with Crippen LogP contribution in [0.25, 0.3) is 0 Å². The van der Waals surface area contributed by atoms with E-state index in [0.29, 0.717) is 25.9 Å². The van der Waals surface area contributed by atoms with E-state index in [1.54, 1.807) is 14.0 Å². The van der Waals surface area contributed by atoms with E-state index >= 15 is 0 Å². The number of carbonyl (C=O) groups excluding carboxylic acids is 1. The summed E-state index contributed by atoms with van der Waals surface area (Å²) in [4.78, 5) is 13.3. The Morgan fingerprint density at radius 2 is 2.22 bits per heavy atom. The summed E-state index contributed by atoms with van der Waals surface area (Å²) in [5.74, 6) is 0.908. The highest BCUT2D eigenvalue weighted by Crippen LogP contribution is 2.25. The van der Waals surface area contributed by atoms with Crippen LogP contribution in [-0.4, -0.2) is 61.0 Å². The van der Waals surface area contributed by atoms with Gasteiger partial charge in [0.05, 0.1) is 24.4 Å². The number of nitrogens with zero attached hydrogens (tertiary/aromatic N) is 2. The van der Waals surface area contributed by atoms with Crippen molar-refractivity contribution in [2.24, 2.45) is 0 Å². The summed E-state index contributed by atoms with van der Waals surface area (Å²) in [6.07, 6.45) is 2.75. The van der Waals surface area contributed by atoms with Crippen molar-refractivity contribution in [2.75, 3.05) is 33.4 Å². The van der Waals surface area contributed by atoms with E-state index in [4.69, 9.17) is 14.0 Å². The van der Waals surface area contributed by atoms with E-state index in [9.17, 15) is 4.79 Å². The molecule has 7 nitrogen and oxygen atoms in total. The van der Waals surface area contributed by atoms with Gasteiger partial charge in [-0.15, -0.1) is 0 Å². The summed E-state index contributed by atoms with van der Waals surface area (Å²) in [5.41, 5.74) is 0.860. The van der Waals surface area contributed by atoms with E-state index in [-0.39, 0.29) is 11.4 Å². The zero-order chi connectivity index (χ0) is 16.3. The SMILES string of the molecule is COCc1cc(CC2(NC3CCN(C(C)=O)CC3)COC2)no1. The highest BCUT2D eigenvalue weighted by molar-refractivity contribution is 5.73. The molecule has 0 bridgehead atoms. The van der Waals surface area contributed by atoms with Crippen LogP contribution in [0.15, 0.2) is 10.6 Å². The van der Waals surface area contributed by atoms with Crippen LogP contribution in [0, 0.1) is 0 Å². The molecule has 3 heterocycles. The molecule has 2 saturated heterocycles. The minimum Gasteiger partial charge on any atom is -0.377 e. The molecule has 0 atom stereocenters. The van der Waals surface area contributed by atoms with Gasteiger partial charge in [0.25, 0.3) is 0 Å². The number of hydrogen-bond acceptors (Lipinski definition) is 6. The van der Waals surface area contributed by atoms with Crippen LogP contribution < -0.4 is 5.32 Å². The maximum Gasteiger partial charge on any atom is 0.219 e. The quantitative estimate of drug-likeness (QED) is 0.832. The van der Waals surface area contributed by atoms with Gasteiger partial charge < -0.3 is 24.2 Å². The van der Waals surface area contributed by atoms with Gasteiger partial charge in [-0.1, -0.05) is 5.16 Å². The zero-order valence-corrected chi connectivity index (χ0v) is 13.8. The van der Waals surface area contributed by atoms with Gasteiger partial charge in [0.1, 0.15) is 6.61 Å². The Labute approximate surface area is 136 Å². The van der Waals surface area contributed by atoms with Crippen LogP contribution in [0.5, 0.6) is 0 Å². The molecule has 0 spiro atoms. The Balaban J connectivity index is 1.55. The van der Waals surface area contributed by atoms with Gasteiger partial charge in [0.2, 0.25) is 5.91 Å². The lowest BCUT2D eigenvalue weighted by Crippen LogP contribution is -2.65. The summed E-state index contributed by atoms with van der Waals surface area (Å²) in [5, 5.41) is 7.87. The third-order valence-electron chi connectivity index (χ3n) is 4.62. The number of rotatable bonds is 6. The van der Waals surface area contributed by atoms with Crippen LogP contribution in [-0.2, 0) is 27.3 Å². The number of piperidine rings is 1. The monoisotopic (exact) mass is 323 g/mol. The minimum atomic E-state index is -0.0652. The Morgan fingerprint density at radius 3 is 2.78 bits per heavy atom. The Morgan fingerprint density at radius 1 is 1.48 bits per heavy atom. The summed E-state index contributed by atoms with van der Waals surface area (Å²) in [6.45, 7) is 5.10. The fraction of sp³-hybridized carbons (Fsp3) is 0.750. The van der Waals surface area contributed by atoms with E-state index < -0.39 is 0 Å². The first-order chi connectivity index (χ1) is 11.1. The molecule has 0 saturated carbocycles. The lowest BCUT2D eigenvalue weighted by molar-refractivity contribution is -0.130. The Hall–Kier alpha value is -1.44. The first kappa shape index (κ1) is 16.4. The minimum absolute atomic E-state index is 0.0652. The molecule has 23 heavy (non-hydrogen) atoms. The summed E-state index contributed by atoms with van der Waals surface area (Å²) >= 11 is 0. The first-order valence-corrected chi connectivity index (χ1v) is 8.15. The van der Waals surface area contributed by atoms with Gasteiger partial charge in [-0.25, -0.2) is 0 Å². The molecule has 7 heteroatoms. The highest BCUT2D eigenvalue weighted by atomic mass is 16.5. The molecular weight excluding hydrogens is 298 g/mol. The third kappa shape index (κ3) is 3.91. The van der Waals surface area contributed by atoms with E-state index in [1.807, 2.05) is 11.0 Å². The molecule has 2 fully saturated rings. The number of carbonyl (C=O) groups is 1. The van der Waals surface area contributed by atoms with E-state index in [0.717, 1.165) is 43.8 Å². The molecule has 0 radical (unpaired) electrons. The molecule has 0 aromatic carbocycles. The standard InChI is InChI=1S/C16H25N3O4/c1-12(20)19-5-3-13(4-6-19)17-16(10-22-11-16)8-14-7-15(9-21-2)23-18-14/h7,13,17H,3-6,8-11H2,1-2H3. The number of nitrogens with one attached hydrogen (secondary N) is 1. The van der Waals surface area contributed by atoms with Gasteiger partial charge in [0.15, 0.2) is 5.76 Å². The molecule has 2 aliphatic rings. The van der Waals surface area contributed by atoms with Crippen molar-refractivity contribution in [3.8, 4) is 0 Å². The second-order valence-corrected chi connectivity index (χ2v) is 6.59. The van der Waals surface area contributed by atoms with Crippen molar-refractivity contribution in [1.82, 2.24) is 15.4 Å². The van der Waals surface area contributed by atoms with Gasteiger partial charge in [-0.2, -0.15) is 0 Å². The Bertz CT molecular complexity index is 533. The average molecular weight is 323 g/mol. The molecular formula is C16H25N3O4. The van der Waals surface area contributed by atoms with Crippen molar-refractivity contribution < 1.29 is 18.8 Å². The number of aromatic nitrogens is 1. The summed E-state index contributed by atoms with van der Waals surface area (Å²) in [7, 11) is 1.64. The van der Waals surface area contributed by atoms with Gasteiger partial charge in [-0.3, -0.25) is 4.79 Å². The normalized spacial score (nSPS) is 21.2. The van der Waals surface area contributed by atoms with Gasteiger partial charge >= 0.3 is 0 Å². The fourth-order valence-electron chi connectivity index (χ4n) is 3.35. The molecule has 0 aliphatic carbocycles. The molecule has 0 unspecified atom stereocenters. The van der Waals surface area contributed by atoms with Crippen molar-refractivity contribution >= 4 is 5.91 Å². The Kier molecular flexibility index (Phi) is 4.99.